The largest absolute Gasteiger partial charge is 0.390 e. The Hall–Kier alpha value is -0.450. The SMILES string of the molecule is COC1(C(O)Cc2cccc(F)c2Br)CCC(C)CC1. The molecule has 1 N–H and O–H groups in total. The summed E-state index contributed by atoms with van der Waals surface area (Å²) in [6.07, 6.45) is 3.64. The minimum Gasteiger partial charge on any atom is -0.390 e. The van der Waals surface area contributed by atoms with Crippen molar-refractivity contribution in [1.82, 2.24) is 0 Å². The molecule has 0 heterocycles. The first kappa shape index (κ1) is 15.9. The highest BCUT2D eigenvalue weighted by molar-refractivity contribution is 9.10. The number of methoxy groups -OCH3 is 1. The highest BCUT2D eigenvalue weighted by Crippen LogP contribution is 2.38. The van der Waals surface area contributed by atoms with Gasteiger partial charge in [0.25, 0.3) is 0 Å². The van der Waals surface area contributed by atoms with Crippen molar-refractivity contribution < 1.29 is 14.2 Å². The summed E-state index contributed by atoms with van der Waals surface area (Å²) in [5.41, 5.74) is 0.297. The molecule has 1 saturated carbocycles. The predicted octanol–water partition coefficient (Wildman–Crippen LogP) is 4.09. The Morgan fingerprint density at radius 3 is 2.70 bits per heavy atom. The molecule has 0 aliphatic heterocycles. The van der Waals surface area contributed by atoms with E-state index in [9.17, 15) is 9.50 Å². The second-order valence-electron chi connectivity index (χ2n) is 5.88. The van der Waals surface area contributed by atoms with Crippen molar-refractivity contribution in [2.45, 2.75) is 50.7 Å². The number of hydrogen-bond acceptors (Lipinski definition) is 2. The van der Waals surface area contributed by atoms with Gasteiger partial charge in [0.2, 0.25) is 0 Å². The minimum absolute atomic E-state index is 0.293. The van der Waals surface area contributed by atoms with E-state index in [0.29, 0.717) is 16.8 Å². The average Bonchev–Trinajstić information content (AvgIpc) is 2.45. The number of halogens is 2. The molecule has 20 heavy (non-hydrogen) atoms. The summed E-state index contributed by atoms with van der Waals surface area (Å²) < 4.78 is 19.7. The number of ether oxygens (including phenoxy) is 1. The summed E-state index contributed by atoms with van der Waals surface area (Å²) >= 11 is 3.25. The van der Waals surface area contributed by atoms with Crippen molar-refractivity contribution in [3.8, 4) is 0 Å². The normalized spacial score (nSPS) is 28.4. The zero-order valence-electron chi connectivity index (χ0n) is 12.0. The van der Waals surface area contributed by atoms with E-state index in [2.05, 4.69) is 22.9 Å². The summed E-state index contributed by atoms with van der Waals surface area (Å²) in [6, 6.07) is 4.92. The lowest BCUT2D eigenvalue weighted by atomic mass is 9.75. The van der Waals surface area contributed by atoms with Crippen LogP contribution in [0.5, 0.6) is 0 Å². The number of rotatable bonds is 4. The molecule has 0 spiro atoms. The molecule has 2 nitrogen and oxygen atoms in total. The highest BCUT2D eigenvalue weighted by Gasteiger charge is 2.40. The number of benzene rings is 1. The zero-order chi connectivity index (χ0) is 14.8. The van der Waals surface area contributed by atoms with Crippen molar-refractivity contribution in [3.63, 3.8) is 0 Å². The molecular weight excluding hydrogens is 323 g/mol. The molecule has 1 unspecified atom stereocenters. The Bertz CT molecular complexity index is 456. The van der Waals surface area contributed by atoms with E-state index in [0.717, 1.165) is 31.2 Å². The third kappa shape index (κ3) is 3.23. The molecule has 0 radical (unpaired) electrons. The summed E-state index contributed by atoms with van der Waals surface area (Å²) in [4.78, 5) is 0. The molecule has 1 atom stereocenters. The van der Waals surface area contributed by atoms with Crippen LogP contribution in [0.15, 0.2) is 22.7 Å². The van der Waals surface area contributed by atoms with Crippen molar-refractivity contribution >= 4 is 15.9 Å². The summed E-state index contributed by atoms with van der Waals surface area (Å²) in [5, 5.41) is 10.6. The number of aliphatic hydroxyl groups excluding tert-OH is 1. The van der Waals surface area contributed by atoms with Gasteiger partial charge in [0.15, 0.2) is 0 Å². The van der Waals surface area contributed by atoms with Gasteiger partial charge in [-0.1, -0.05) is 19.1 Å². The fourth-order valence-electron chi connectivity index (χ4n) is 3.02. The molecule has 1 aromatic carbocycles. The first-order chi connectivity index (χ1) is 9.48. The van der Waals surface area contributed by atoms with Gasteiger partial charge in [-0.3, -0.25) is 0 Å². The molecule has 1 aromatic rings. The summed E-state index contributed by atoms with van der Waals surface area (Å²) in [5.74, 6) is 0.393. The van der Waals surface area contributed by atoms with E-state index in [-0.39, 0.29) is 5.82 Å². The van der Waals surface area contributed by atoms with Gasteiger partial charge in [0.05, 0.1) is 16.2 Å². The smallest absolute Gasteiger partial charge is 0.137 e. The lowest BCUT2D eigenvalue weighted by Gasteiger charge is -2.42. The maximum atomic E-state index is 13.5. The van der Waals surface area contributed by atoms with Gasteiger partial charge in [-0.05, 0) is 59.2 Å². The van der Waals surface area contributed by atoms with Crippen LogP contribution in [0.4, 0.5) is 4.39 Å². The number of aliphatic hydroxyl groups is 1. The van der Waals surface area contributed by atoms with E-state index in [1.165, 1.54) is 6.07 Å². The first-order valence-corrected chi connectivity index (χ1v) is 7.94. The molecule has 0 aromatic heterocycles. The summed E-state index contributed by atoms with van der Waals surface area (Å²) in [7, 11) is 1.67. The lowest BCUT2D eigenvalue weighted by Crippen LogP contribution is -2.47. The molecule has 1 aliphatic carbocycles. The van der Waals surface area contributed by atoms with Crippen LogP contribution in [0.2, 0.25) is 0 Å². The van der Waals surface area contributed by atoms with E-state index >= 15 is 0 Å². The second kappa shape index (κ2) is 6.54. The van der Waals surface area contributed by atoms with E-state index in [1.807, 2.05) is 6.07 Å². The number of hydrogen-bond donors (Lipinski definition) is 1. The van der Waals surface area contributed by atoms with Crippen LogP contribution >= 0.6 is 15.9 Å². The Morgan fingerprint density at radius 2 is 2.10 bits per heavy atom. The van der Waals surface area contributed by atoms with Crippen molar-refractivity contribution in [2.24, 2.45) is 5.92 Å². The highest BCUT2D eigenvalue weighted by atomic mass is 79.9. The van der Waals surface area contributed by atoms with Crippen molar-refractivity contribution in [2.75, 3.05) is 7.11 Å². The molecule has 0 bridgehead atoms. The van der Waals surface area contributed by atoms with Gasteiger partial charge in [-0.15, -0.1) is 0 Å². The Morgan fingerprint density at radius 1 is 1.45 bits per heavy atom. The third-order valence-corrected chi connectivity index (χ3v) is 5.47. The Kier molecular flexibility index (Phi) is 5.21. The Balaban J connectivity index is 2.13. The van der Waals surface area contributed by atoms with Gasteiger partial charge < -0.3 is 9.84 Å². The predicted molar refractivity (Wildman–Crippen MR) is 81.2 cm³/mol. The summed E-state index contributed by atoms with van der Waals surface area (Å²) in [6.45, 7) is 2.23. The monoisotopic (exact) mass is 344 g/mol. The minimum atomic E-state index is -0.613. The van der Waals surface area contributed by atoms with Gasteiger partial charge >= 0.3 is 0 Å². The van der Waals surface area contributed by atoms with Crippen LogP contribution in [0, 0.1) is 11.7 Å². The van der Waals surface area contributed by atoms with Crippen LogP contribution in [-0.4, -0.2) is 23.9 Å². The Labute approximate surface area is 128 Å². The standard InChI is InChI=1S/C16H22BrFO2/c1-11-6-8-16(20-2,9-7-11)14(19)10-12-4-3-5-13(18)15(12)17/h3-5,11,14,19H,6-10H2,1-2H3. The molecular formula is C16H22BrFO2. The molecule has 2 rings (SSSR count). The molecule has 1 fully saturated rings. The van der Waals surface area contributed by atoms with Crippen LogP contribution in [0.3, 0.4) is 0 Å². The maximum Gasteiger partial charge on any atom is 0.137 e. The van der Waals surface area contributed by atoms with E-state index in [4.69, 9.17) is 4.74 Å². The quantitative estimate of drug-likeness (QED) is 0.891. The maximum absolute atomic E-state index is 13.5. The molecule has 0 amide bonds. The van der Waals surface area contributed by atoms with Crippen LogP contribution in [0.25, 0.3) is 0 Å². The van der Waals surface area contributed by atoms with Crippen LogP contribution in [0.1, 0.15) is 38.2 Å². The first-order valence-electron chi connectivity index (χ1n) is 7.14. The molecule has 4 heteroatoms. The van der Waals surface area contributed by atoms with Crippen molar-refractivity contribution in [3.05, 3.63) is 34.1 Å². The molecule has 0 saturated heterocycles. The molecule has 112 valence electrons. The van der Waals surface area contributed by atoms with E-state index in [1.54, 1.807) is 13.2 Å². The third-order valence-electron chi connectivity index (χ3n) is 4.58. The van der Waals surface area contributed by atoms with E-state index < -0.39 is 11.7 Å². The fourth-order valence-corrected chi connectivity index (χ4v) is 3.45. The van der Waals surface area contributed by atoms with Gasteiger partial charge in [0, 0.05) is 13.5 Å². The second-order valence-corrected chi connectivity index (χ2v) is 6.68. The zero-order valence-corrected chi connectivity index (χ0v) is 13.6. The lowest BCUT2D eigenvalue weighted by molar-refractivity contribution is -0.127. The van der Waals surface area contributed by atoms with Crippen LogP contribution in [-0.2, 0) is 11.2 Å². The average molecular weight is 345 g/mol. The van der Waals surface area contributed by atoms with Gasteiger partial charge in [-0.25, -0.2) is 4.39 Å². The fraction of sp³-hybridized carbons (Fsp3) is 0.625. The van der Waals surface area contributed by atoms with Crippen LogP contribution < -0.4 is 0 Å². The molecule has 1 aliphatic rings. The van der Waals surface area contributed by atoms with Gasteiger partial charge in [0.1, 0.15) is 5.82 Å². The van der Waals surface area contributed by atoms with Gasteiger partial charge in [-0.2, -0.15) is 0 Å². The van der Waals surface area contributed by atoms with Crippen molar-refractivity contribution in [1.29, 1.82) is 0 Å². The topological polar surface area (TPSA) is 29.5 Å².